The molecule has 1 atom stereocenters. The maximum atomic E-state index is 12.1. The zero-order valence-corrected chi connectivity index (χ0v) is 18.8. The van der Waals surface area contributed by atoms with Gasteiger partial charge in [0.05, 0.1) is 16.4 Å². The Kier molecular flexibility index (Phi) is 9.06. The van der Waals surface area contributed by atoms with Gasteiger partial charge in [0.2, 0.25) is 10.0 Å². The van der Waals surface area contributed by atoms with Crippen LogP contribution < -0.4 is 15.4 Å². The first-order chi connectivity index (χ1) is 11.7. The van der Waals surface area contributed by atoms with Crippen molar-refractivity contribution in [2.45, 2.75) is 17.4 Å². The van der Waals surface area contributed by atoms with E-state index >= 15 is 0 Å². The summed E-state index contributed by atoms with van der Waals surface area (Å²) in [7, 11) is -5.05. The quantitative estimate of drug-likeness (QED) is 0.212. The fourth-order valence-corrected chi connectivity index (χ4v) is 5.39. The molecule has 1 aliphatic heterocycles. The third kappa shape index (κ3) is 7.18. The van der Waals surface area contributed by atoms with Gasteiger partial charge in [-0.1, -0.05) is 17.7 Å². The van der Waals surface area contributed by atoms with Gasteiger partial charge in [0.25, 0.3) is 0 Å². The topological polar surface area (TPSA) is 117 Å². The van der Waals surface area contributed by atoms with Gasteiger partial charge in [-0.05, 0) is 24.6 Å². The Balaban J connectivity index is 0.00000338. The lowest BCUT2D eigenvalue weighted by molar-refractivity contribution is 0.579. The highest BCUT2D eigenvalue weighted by atomic mass is 127. The SMILES string of the molecule is CN=C(NCCNS(=O)(=O)c1cccc(Cl)c1)NC1CCS(=O)(=O)C1.I. The summed E-state index contributed by atoms with van der Waals surface area (Å²) in [4.78, 5) is 4.10. The van der Waals surface area contributed by atoms with Crippen LogP contribution in [0.3, 0.4) is 0 Å². The summed E-state index contributed by atoms with van der Waals surface area (Å²) in [6.45, 7) is 0.428. The van der Waals surface area contributed by atoms with E-state index in [0.717, 1.165) is 0 Å². The molecular formula is C14H22ClIN4O4S2. The molecule has 2 rings (SSSR count). The average molecular weight is 537 g/mol. The molecule has 0 bridgehead atoms. The molecule has 0 spiro atoms. The van der Waals surface area contributed by atoms with E-state index in [2.05, 4.69) is 20.3 Å². The number of hydrogen-bond acceptors (Lipinski definition) is 5. The molecule has 1 aromatic rings. The Morgan fingerprint density at radius 1 is 1.35 bits per heavy atom. The number of sulfonamides is 1. The lowest BCUT2D eigenvalue weighted by atomic mass is 10.3. The van der Waals surface area contributed by atoms with Crippen molar-refractivity contribution in [3.05, 3.63) is 29.3 Å². The lowest BCUT2D eigenvalue weighted by Gasteiger charge is -2.16. The van der Waals surface area contributed by atoms with Crippen LogP contribution in [0, 0.1) is 0 Å². The minimum atomic E-state index is -3.64. The molecule has 0 aliphatic carbocycles. The molecule has 1 heterocycles. The highest BCUT2D eigenvalue weighted by Crippen LogP contribution is 2.15. The van der Waals surface area contributed by atoms with E-state index in [9.17, 15) is 16.8 Å². The molecule has 3 N–H and O–H groups in total. The van der Waals surface area contributed by atoms with Crippen molar-refractivity contribution in [2.24, 2.45) is 4.99 Å². The number of halogens is 2. The van der Waals surface area contributed by atoms with Crippen LogP contribution in [0.5, 0.6) is 0 Å². The number of benzene rings is 1. The molecule has 148 valence electrons. The van der Waals surface area contributed by atoms with Gasteiger partial charge in [0.15, 0.2) is 15.8 Å². The molecule has 0 aromatic heterocycles. The molecule has 1 fully saturated rings. The first-order valence-corrected chi connectivity index (χ1v) is 11.3. The summed E-state index contributed by atoms with van der Waals surface area (Å²) in [6, 6.07) is 5.82. The molecule has 0 amide bonds. The van der Waals surface area contributed by atoms with Gasteiger partial charge >= 0.3 is 0 Å². The number of aliphatic imine (C=N–C) groups is 1. The average Bonchev–Trinajstić information content (AvgIpc) is 2.89. The molecule has 8 nitrogen and oxygen atoms in total. The zero-order chi connectivity index (χ0) is 18.5. The second-order valence-corrected chi connectivity index (χ2v) is 10.0. The van der Waals surface area contributed by atoms with E-state index in [1.54, 1.807) is 19.2 Å². The van der Waals surface area contributed by atoms with Crippen molar-refractivity contribution in [1.29, 1.82) is 0 Å². The summed E-state index contributed by atoms with van der Waals surface area (Å²) in [5, 5.41) is 6.32. The minimum Gasteiger partial charge on any atom is -0.355 e. The fraction of sp³-hybridized carbons (Fsp3) is 0.500. The molecule has 1 saturated heterocycles. The van der Waals surface area contributed by atoms with E-state index in [1.807, 2.05) is 0 Å². The van der Waals surface area contributed by atoms with E-state index in [0.29, 0.717) is 23.9 Å². The predicted molar refractivity (Wildman–Crippen MR) is 114 cm³/mol. The van der Waals surface area contributed by atoms with Gasteiger partial charge in [-0.25, -0.2) is 21.6 Å². The second-order valence-electron chi connectivity index (χ2n) is 5.60. The smallest absolute Gasteiger partial charge is 0.240 e. The highest BCUT2D eigenvalue weighted by Gasteiger charge is 2.28. The maximum absolute atomic E-state index is 12.1. The summed E-state index contributed by atoms with van der Waals surface area (Å²) < 4.78 is 49.6. The van der Waals surface area contributed by atoms with Crippen LogP contribution in [-0.4, -0.2) is 60.5 Å². The highest BCUT2D eigenvalue weighted by molar-refractivity contribution is 14.0. The molecule has 12 heteroatoms. The molecule has 0 radical (unpaired) electrons. The van der Waals surface area contributed by atoms with Crippen molar-refractivity contribution in [2.75, 3.05) is 31.6 Å². The van der Waals surface area contributed by atoms with Crippen molar-refractivity contribution < 1.29 is 16.8 Å². The van der Waals surface area contributed by atoms with Gasteiger partial charge in [-0.2, -0.15) is 0 Å². The first kappa shape index (κ1) is 23.4. The largest absolute Gasteiger partial charge is 0.355 e. The summed E-state index contributed by atoms with van der Waals surface area (Å²) >= 11 is 5.80. The third-order valence-corrected chi connectivity index (χ3v) is 7.07. The number of hydrogen-bond donors (Lipinski definition) is 3. The minimum absolute atomic E-state index is 0. The summed E-state index contributed by atoms with van der Waals surface area (Å²) in [5.74, 6) is 0.681. The Labute approximate surface area is 176 Å². The van der Waals surface area contributed by atoms with Gasteiger partial charge in [0.1, 0.15) is 0 Å². The standard InChI is InChI=1S/C14H21ClN4O4S2.HI/c1-16-14(19-12-5-8-24(20,21)10-12)17-6-7-18-25(22,23)13-4-2-3-11(15)9-13;/h2-4,9,12,18H,5-8,10H2,1H3,(H2,16,17,19);1H. The maximum Gasteiger partial charge on any atom is 0.240 e. The summed E-state index contributed by atoms with van der Waals surface area (Å²) in [6.07, 6.45) is 0.532. The Bertz CT molecular complexity index is 846. The normalized spacial score (nSPS) is 19.6. The number of rotatable bonds is 6. The molecule has 1 unspecified atom stereocenters. The van der Waals surface area contributed by atoms with E-state index in [1.165, 1.54) is 12.1 Å². The van der Waals surface area contributed by atoms with Crippen LogP contribution in [0.2, 0.25) is 5.02 Å². The Hall–Kier alpha value is -0.630. The van der Waals surface area contributed by atoms with Gasteiger partial charge in [-0.3, -0.25) is 4.99 Å². The third-order valence-electron chi connectivity index (χ3n) is 3.61. The van der Waals surface area contributed by atoms with Crippen LogP contribution in [0.1, 0.15) is 6.42 Å². The fourth-order valence-electron chi connectivity index (χ4n) is 2.38. The molecule has 1 aromatic carbocycles. The van der Waals surface area contributed by atoms with Crippen molar-refractivity contribution in [1.82, 2.24) is 15.4 Å². The van der Waals surface area contributed by atoms with Crippen molar-refractivity contribution in [3.8, 4) is 0 Å². The van der Waals surface area contributed by atoms with Crippen molar-refractivity contribution in [3.63, 3.8) is 0 Å². The van der Waals surface area contributed by atoms with Gasteiger partial charge < -0.3 is 10.6 Å². The lowest BCUT2D eigenvalue weighted by Crippen LogP contribution is -2.46. The van der Waals surface area contributed by atoms with E-state index in [4.69, 9.17) is 11.6 Å². The van der Waals surface area contributed by atoms with Crippen LogP contribution in [0.4, 0.5) is 0 Å². The number of sulfone groups is 1. The van der Waals surface area contributed by atoms with E-state index < -0.39 is 19.9 Å². The monoisotopic (exact) mass is 536 g/mol. The van der Waals surface area contributed by atoms with Crippen LogP contribution in [0.15, 0.2) is 34.2 Å². The number of nitrogens with one attached hydrogen (secondary N) is 3. The van der Waals surface area contributed by atoms with Crippen LogP contribution in [0.25, 0.3) is 0 Å². The number of nitrogens with zero attached hydrogens (tertiary/aromatic N) is 1. The Morgan fingerprint density at radius 3 is 2.65 bits per heavy atom. The predicted octanol–water partition coefficient (Wildman–Crippen LogP) is 0.588. The summed E-state index contributed by atoms with van der Waals surface area (Å²) in [5.41, 5.74) is 0. The molecule has 0 saturated carbocycles. The van der Waals surface area contributed by atoms with Crippen molar-refractivity contribution >= 4 is 61.4 Å². The van der Waals surface area contributed by atoms with Crippen LogP contribution in [-0.2, 0) is 19.9 Å². The van der Waals surface area contributed by atoms with Crippen LogP contribution >= 0.6 is 35.6 Å². The Morgan fingerprint density at radius 2 is 2.08 bits per heavy atom. The molecule has 1 aliphatic rings. The molecular weight excluding hydrogens is 515 g/mol. The van der Waals surface area contributed by atoms with Gasteiger partial charge in [-0.15, -0.1) is 24.0 Å². The zero-order valence-electron chi connectivity index (χ0n) is 14.1. The first-order valence-electron chi connectivity index (χ1n) is 7.65. The van der Waals surface area contributed by atoms with Gasteiger partial charge in [0, 0.05) is 31.2 Å². The van der Waals surface area contributed by atoms with E-state index in [-0.39, 0.29) is 53.0 Å². The molecule has 26 heavy (non-hydrogen) atoms. The second kappa shape index (κ2) is 10.1. The number of guanidine groups is 1.